The lowest BCUT2D eigenvalue weighted by Gasteiger charge is -2.38. The number of carbonyl (C=O) groups excluding carboxylic acids is 1. The van der Waals surface area contributed by atoms with E-state index in [1.54, 1.807) is 11.8 Å². The largest absolute Gasteiger partial charge is 0.396 e. The van der Waals surface area contributed by atoms with Crippen molar-refractivity contribution in [3.05, 3.63) is 29.3 Å². The Morgan fingerprint density at radius 3 is 2.74 bits per heavy atom. The lowest BCUT2D eigenvalue weighted by atomic mass is 10.0. The van der Waals surface area contributed by atoms with Crippen LogP contribution in [0.25, 0.3) is 0 Å². The third-order valence-electron chi connectivity index (χ3n) is 3.63. The predicted molar refractivity (Wildman–Crippen MR) is 78.4 cm³/mol. The lowest BCUT2D eigenvalue weighted by molar-refractivity contribution is -0.137. The summed E-state index contributed by atoms with van der Waals surface area (Å²) in [5, 5.41) is 8.92. The van der Waals surface area contributed by atoms with Crippen LogP contribution >= 0.6 is 11.8 Å². The van der Waals surface area contributed by atoms with Crippen LogP contribution in [-0.2, 0) is 4.79 Å². The van der Waals surface area contributed by atoms with Crippen LogP contribution in [0.1, 0.15) is 17.5 Å². The fourth-order valence-electron chi connectivity index (χ4n) is 2.11. The molecule has 104 valence electrons. The maximum absolute atomic E-state index is 11.8. The summed E-state index contributed by atoms with van der Waals surface area (Å²) in [6, 6.07) is 6.42. The molecule has 2 rings (SSSR count). The molecule has 0 spiro atoms. The second-order valence-electron chi connectivity index (χ2n) is 5.19. The normalized spacial score (nSPS) is 15.4. The van der Waals surface area contributed by atoms with Gasteiger partial charge in [-0.3, -0.25) is 4.79 Å². The number of aliphatic hydroxyl groups is 1. The van der Waals surface area contributed by atoms with Gasteiger partial charge in [-0.25, -0.2) is 0 Å². The summed E-state index contributed by atoms with van der Waals surface area (Å²) in [6.45, 7) is 5.86. The smallest absolute Gasteiger partial charge is 0.223 e. The van der Waals surface area contributed by atoms with Crippen molar-refractivity contribution in [3.63, 3.8) is 0 Å². The number of aryl methyl sites for hydroxylation is 2. The Morgan fingerprint density at radius 1 is 1.37 bits per heavy atom. The number of hydrogen-bond acceptors (Lipinski definition) is 3. The summed E-state index contributed by atoms with van der Waals surface area (Å²) >= 11 is 1.73. The van der Waals surface area contributed by atoms with Gasteiger partial charge in [0, 0.05) is 42.7 Å². The van der Waals surface area contributed by atoms with Gasteiger partial charge in [-0.05, 0) is 37.1 Å². The van der Waals surface area contributed by atoms with Crippen molar-refractivity contribution in [2.75, 3.05) is 25.4 Å². The van der Waals surface area contributed by atoms with Crippen molar-refractivity contribution in [2.45, 2.75) is 25.2 Å². The van der Waals surface area contributed by atoms with Crippen LogP contribution in [0.5, 0.6) is 0 Å². The summed E-state index contributed by atoms with van der Waals surface area (Å²) in [5.41, 5.74) is 2.60. The standard InChI is InChI=1S/C15H21NO2S/c1-11-3-4-14(7-12(11)2)19-6-5-15(18)16-8-13(9-16)10-17/h3-4,7,13,17H,5-6,8-10H2,1-2H3. The highest BCUT2D eigenvalue weighted by Crippen LogP contribution is 2.23. The van der Waals surface area contributed by atoms with Gasteiger partial charge < -0.3 is 10.0 Å². The van der Waals surface area contributed by atoms with Crippen LogP contribution in [0.3, 0.4) is 0 Å². The quantitative estimate of drug-likeness (QED) is 0.840. The topological polar surface area (TPSA) is 40.5 Å². The van der Waals surface area contributed by atoms with Gasteiger partial charge in [0.15, 0.2) is 0 Å². The van der Waals surface area contributed by atoms with Gasteiger partial charge in [0.25, 0.3) is 0 Å². The number of aliphatic hydroxyl groups excluding tert-OH is 1. The van der Waals surface area contributed by atoms with Crippen LogP contribution in [-0.4, -0.2) is 41.4 Å². The summed E-state index contributed by atoms with van der Waals surface area (Å²) in [6.07, 6.45) is 0.579. The number of hydrogen-bond donors (Lipinski definition) is 1. The molecule has 1 saturated heterocycles. The first-order valence-corrected chi connectivity index (χ1v) is 7.67. The molecule has 1 N–H and O–H groups in total. The highest BCUT2D eigenvalue weighted by atomic mass is 32.2. The van der Waals surface area contributed by atoms with E-state index in [0.717, 1.165) is 18.8 Å². The third-order valence-corrected chi connectivity index (χ3v) is 4.63. The number of benzene rings is 1. The molecule has 19 heavy (non-hydrogen) atoms. The molecule has 1 aromatic rings. The van der Waals surface area contributed by atoms with Crippen molar-refractivity contribution >= 4 is 17.7 Å². The van der Waals surface area contributed by atoms with Crippen molar-refractivity contribution < 1.29 is 9.90 Å². The second-order valence-corrected chi connectivity index (χ2v) is 6.36. The Bertz CT molecular complexity index is 455. The molecule has 0 aromatic heterocycles. The predicted octanol–water partition coefficient (Wildman–Crippen LogP) is 2.24. The van der Waals surface area contributed by atoms with E-state index in [1.165, 1.54) is 16.0 Å². The van der Waals surface area contributed by atoms with Crippen LogP contribution < -0.4 is 0 Å². The van der Waals surface area contributed by atoms with Gasteiger partial charge in [-0.1, -0.05) is 6.07 Å². The highest BCUT2D eigenvalue weighted by molar-refractivity contribution is 7.99. The van der Waals surface area contributed by atoms with Gasteiger partial charge in [0.05, 0.1) is 0 Å². The summed E-state index contributed by atoms with van der Waals surface area (Å²) in [7, 11) is 0. The first kappa shape index (κ1) is 14.4. The fourth-order valence-corrected chi connectivity index (χ4v) is 3.04. The monoisotopic (exact) mass is 279 g/mol. The van der Waals surface area contributed by atoms with E-state index >= 15 is 0 Å². The Balaban J connectivity index is 1.71. The van der Waals surface area contributed by atoms with Gasteiger partial charge in [0.2, 0.25) is 5.91 Å². The van der Waals surface area contributed by atoms with Crippen LogP contribution in [0.4, 0.5) is 0 Å². The van der Waals surface area contributed by atoms with Gasteiger partial charge in [-0.15, -0.1) is 11.8 Å². The average Bonchev–Trinajstić information content (AvgIpc) is 2.32. The molecule has 1 fully saturated rings. The molecule has 1 heterocycles. The van der Waals surface area contributed by atoms with E-state index < -0.39 is 0 Å². The van der Waals surface area contributed by atoms with Crippen molar-refractivity contribution in [1.82, 2.24) is 4.90 Å². The minimum Gasteiger partial charge on any atom is -0.396 e. The van der Waals surface area contributed by atoms with Crippen LogP contribution in [0, 0.1) is 19.8 Å². The van der Waals surface area contributed by atoms with E-state index in [0.29, 0.717) is 12.3 Å². The number of likely N-dealkylation sites (tertiary alicyclic amines) is 1. The molecule has 4 heteroatoms. The highest BCUT2D eigenvalue weighted by Gasteiger charge is 2.29. The Hall–Kier alpha value is -1.00. The van der Waals surface area contributed by atoms with E-state index in [-0.39, 0.29) is 12.5 Å². The maximum Gasteiger partial charge on any atom is 0.223 e. The van der Waals surface area contributed by atoms with E-state index in [4.69, 9.17) is 5.11 Å². The molecule has 0 aliphatic carbocycles. The summed E-state index contributed by atoms with van der Waals surface area (Å²) < 4.78 is 0. The lowest BCUT2D eigenvalue weighted by Crippen LogP contribution is -2.51. The maximum atomic E-state index is 11.8. The summed E-state index contributed by atoms with van der Waals surface area (Å²) in [5.74, 6) is 1.33. The van der Waals surface area contributed by atoms with Gasteiger partial charge in [-0.2, -0.15) is 0 Å². The first-order chi connectivity index (χ1) is 9.10. The zero-order valence-electron chi connectivity index (χ0n) is 11.6. The molecular weight excluding hydrogens is 258 g/mol. The molecular formula is C15H21NO2S. The van der Waals surface area contributed by atoms with E-state index in [1.807, 2.05) is 4.90 Å². The SMILES string of the molecule is Cc1ccc(SCCC(=O)N2CC(CO)C2)cc1C. The molecule has 0 saturated carbocycles. The zero-order valence-corrected chi connectivity index (χ0v) is 12.4. The molecule has 0 radical (unpaired) electrons. The number of nitrogens with zero attached hydrogens (tertiary/aromatic N) is 1. The molecule has 0 unspecified atom stereocenters. The third kappa shape index (κ3) is 3.74. The van der Waals surface area contributed by atoms with Crippen molar-refractivity contribution in [2.24, 2.45) is 5.92 Å². The molecule has 3 nitrogen and oxygen atoms in total. The van der Waals surface area contributed by atoms with E-state index in [9.17, 15) is 4.79 Å². The number of thioether (sulfide) groups is 1. The molecule has 0 bridgehead atoms. The molecule has 1 aliphatic heterocycles. The Morgan fingerprint density at radius 2 is 2.11 bits per heavy atom. The molecule has 1 aromatic carbocycles. The van der Waals surface area contributed by atoms with Crippen LogP contribution in [0.15, 0.2) is 23.1 Å². The number of carbonyl (C=O) groups is 1. The number of amides is 1. The number of rotatable bonds is 5. The molecule has 1 amide bonds. The van der Waals surface area contributed by atoms with Gasteiger partial charge in [0.1, 0.15) is 0 Å². The Labute approximate surface area is 119 Å². The zero-order chi connectivity index (χ0) is 13.8. The van der Waals surface area contributed by atoms with Crippen LogP contribution in [0.2, 0.25) is 0 Å². The average molecular weight is 279 g/mol. The first-order valence-electron chi connectivity index (χ1n) is 6.69. The van der Waals surface area contributed by atoms with Crippen molar-refractivity contribution in [1.29, 1.82) is 0 Å². The van der Waals surface area contributed by atoms with Crippen molar-refractivity contribution in [3.8, 4) is 0 Å². The summed E-state index contributed by atoms with van der Waals surface area (Å²) in [4.78, 5) is 14.9. The second kappa shape index (κ2) is 6.44. The van der Waals surface area contributed by atoms with Gasteiger partial charge >= 0.3 is 0 Å². The fraction of sp³-hybridized carbons (Fsp3) is 0.533. The minimum atomic E-state index is 0.196. The Kier molecular flexibility index (Phi) is 4.88. The molecule has 1 aliphatic rings. The molecule has 0 atom stereocenters. The van der Waals surface area contributed by atoms with E-state index in [2.05, 4.69) is 32.0 Å². The minimum absolute atomic E-state index is 0.196.